The first-order valence-electron chi connectivity index (χ1n) is 42.0. The normalized spacial score (nSPS) is 14.2. The molecule has 19 heteroatoms. The molecule has 0 aliphatic carbocycles. The Bertz CT molecular complexity index is 1930. The molecule has 100 heavy (non-hydrogen) atoms. The van der Waals surface area contributed by atoms with Gasteiger partial charge in [0.2, 0.25) is 0 Å². The quantitative estimate of drug-likeness (QED) is 0.0222. The largest absolute Gasteiger partial charge is 0.472 e. The lowest BCUT2D eigenvalue weighted by Crippen LogP contribution is -2.30. The minimum atomic E-state index is -4.96. The summed E-state index contributed by atoms with van der Waals surface area (Å²) in [6.45, 7) is 9.70. The molecule has 17 nitrogen and oxygen atoms in total. The summed E-state index contributed by atoms with van der Waals surface area (Å²) in [7, 11) is -9.92. The van der Waals surface area contributed by atoms with Crippen molar-refractivity contribution < 1.29 is 80.2 Å². The number of ether oxygens (including phenoxy) is 4. The summed E-state index contributed by atoms with van der Waals surface area (Å²) in [6.07, 6.45) is 62.3. The molecular formula is C81H158O17P2. The van der Waals surface area contributed by atoms with Crippen LogP contribution in [-0.4, -0.2) is 96.7 Å². The molecule has 0 amide bonds. The first kappa shape index (κ1) is 98.1. The zero-order valence-corrected chi connectivity index (χ0v) is 67.3. The second kappa shape index (κ2) is 72.6. The number of unbranched alkanes of at least 4 members (excludes halogenated alkanes) is 49. The highest BCUT2D eigenvalue weighted by molar-refractivity contribution is 7.47. The molecule has 0 aromatic rings. The van der Waals surface area contributed by atoms with E-state index in [0.717, 1.165) is 102 Å². The number of esters is 4. The Balaban J connectivity index is 5.21. The van der Waals surface area contributed by atoms with Crippen LogP contribution in [-0.2, 0) is 65.4 Å². The predicted molar refractivity (Wildman–Crippen MR) is 409 cm³/mol. The predicted octanol–water partition coefficient (Wildman–Crippen LogP) is 24.3. The zero-order chi connectivity index (χ0) is 73.5. The molecule has 0 aliphatic heterocycles. The van der Waals surface area contributed by atoms with Gasteiger partial charge in [0, 0.05) is 25.7 Å². The summed E-state index contributed by atoms with van der Waals surface area (Å²) in [4.78, 5) is 73.0. The maximum absolute atomic E-state index is 13.1. The summed E-state index contributed by atoms with van der Waals surface area (Å²) < 4.78 is 68.7. The molecule has 0 rings (SSSR count). The molecule has 0 fully saturated rings. The van der Waals surface area contributed by atoms with E-state index in [1.54, 1.807) is 0 Å². The van der Waals surface area contributed by atoms with Crippen LogP contribution in [0.4, 0.5) is 0 Å². The number of aliphatic hydroxyl groups is 1. The van der Waals surface area contributed by atoms with Crippen molar-refractivity contribution in [3.63, 3.8) is 0 Å². The lowest BCUT2D eigenvalue weighted by molar-refractivity contribution is -0.161. The summed E-state index contributed by atoms with van der Waals surface area (Å²) >= 11 is 0. The van der Waals surface area contributed by atoms with E-state index in [-0.39, 0.29) is 25.7 Å². The van der Waals surface area contributed by atoms with E-state index in [1.807, 2.05) is 0 Å². The Kier molecular flexibility index (Phi) is 71.2. The van der Waals surface area contributed by atoms with Gasteiger partial charge in [0.05, 0.1) is 26.4 Å². The van der Waals surface area contributed by atoms with Gasteiger partial charge in [-0.25, -0.2) is 9.13 Å². The van der Waals surface area contributed by atoms with Crippen LogP contribution in [0.25, 0.3) is 0 Å². The topological polar surface area (TPSA) is 237 Å². The lowest BCUT2D eigenvalue weighted by atomic mass is 9.99. The number of phosphoric ester groups is 2. The second-order valence-electron chi connectivity index (χ2n) is 29.9. The van der Waals surface area contributed by atoms with Crippen molar-refractivity contribution in [3.05, 3.63) is 0 Å². The first-order chi connectivity index (χ1) is 48.4. The Morgan fingerprint density at radius 3 is 0.760 bits per heavy atom. The van der Waals surface area contributed by atoms with E-state index in [1.165, 1.54) is 244 Å². The van der Waals surface area contributed by atoms with Crippen molar-refractivity contribution in [2.45, 2.75) is 445 Å². The van der Waals surface area contributed by atoms with Gasteiger partial charge in [0.1, 0.15) is 19.3 Å². The van der Waals surface area contributed by atoms with Crippen molar-refractivity contribution in [1.29, 1.82) is 0 Å². The molecule has 594 valence electrons. The summed E-state index contributed by atoms with van der Waals surface area (Å²) in [5.74, 6) is -0.465. The standard InChI is InChI=1S/C81H158O17P2/c1-7-10-12-14-16-18-20-33-39-45-51-57-63-78(83)91-69-76(97-80(85)65-59-53-47-41-34-21-19-17-15-13-11-8-2)71-95-99(87,88)93-67-75(82)68-94-100(89,90)96-72-77(70-92-79(84)64-58-52-46-40-36-30-31-37-43-49-55-61-73(4)5)98-81(86)66-60-54-48-42-35-29-27-25-23-22-24-26-28-32-38-44-50-56-62-74(6)9-3/h73-77,82H,7-72H2,1-6H3,(H,87,88)(H,89,90)/t74?,75-,76+,77+/m0/s1. The fourth-order valence-electron chi connectivity index (χ4n) is 12.5. The van der Waals surface area contributed by atoms with Crippen molar-refractivity contribution in [2.24, 2.45) is 11.8 Å². The maximum Gasteiger partial charge on any atom is 0.472 e. The molecule has 0 radical (unpaired) electrons. The highest BCUT2D eigenvalue weighted by Gasteiger charge is 2.30. The number of hydrogen-bond donors (Lipinski definition) is 3. The van der Waals surface area contributed by atoms with Gasteiger partial charge in [-0.3, -0.25) is 37.3 Å². The van der Waals surface area contributed by atoms with Crippen LogP contribution in [0.15, 0.2) is 0 Å². The Morgan fingerprint density at radius 2 is 0.510 bits per heavy atom. The van der Waals surface area contributed by atoms with E-state index in [9.17, 15) is 43.2 Å². The Morgan fingerprint density at radius 1 is 0.290 bits per heavy atom. The van der Waals surface area contributed by atoms with Gasteiger partial charge < -0.3 is 33.8 Å². The average Bonchev–Trinajstić information content (AvgIpc) is 0.923. The van der Waals surface area contributed by atoms with Crippen LogP contribution in [0, 0.1) is 11.8 Å². The number of rotatable bonds is 80. The van der Waals surface area contributed by atoms with Crippen molar-refractivity contribution >= 4 is 39.5 Å². The average molecular weight is 1470 g/mol. The fraction of sp³-hybridized carbons (Fsp3) is 0.951. The fourth-order valence-corrected chi connectivity index (χ4v) is 14.1. The molecular weight excluding hydrogens is 1310 g/mol. The highest BCUT2D eigenvalue weighted by atomic mass is 31.2. The third-order valence-corrected chi connectivity index (χ3v) is 21.2. The number of carbonyl (C=O) groups excluding carboxylic acids is 4. The summed E-state index contributed by atoms with van der Waals surface area (Å²) in [5.41, 5.74) is 0. The molecule has 0 aromatic heterocycles. The number of carbonyl (C=O) groups is 4. The van der Waals surface area contributed by atoms with Crippen LogP contribution < -0.4 is 0 Å². The third kappa shape index (κ3) is 73.0. The number of hydrogen-bond acceptors (Lipinski definition) is 15. The summed E-state index contributed by atoms with van der Waals surface area (Å²) in [6, 6.07) is 0. The van der Waals surface area contributed by atoms with Gasteiger partial charge in [-0.1, -0.05) is 375 Å². The van der Waals surface area contributed by atoms with Gasteiger partial charge in [-0.2, -0.15) is 0 Å². The molecule has 0 saturated carbocycles. The lowest BCUT2D eigenvalue weighted by Gasteiger charge is -2.21. The first-order valence-corrected chi connectivity index (χ1v) is 45.0. The van der Waals surface area contributed by atoms with Gasteiger partial charge in [0.15, 0.2) is 12.2 Å². The monoisotopic (exact) mass is 1470 g/mol. The van der Waals surface area contributed by atoms with Crippen LogP contribution in [0.5, 0.6) is 0 Å². The van der Waals surface area contributed by atoms with Crippen LogP contribution in [0.1, 0.15) is 427 Å². The summed E-state index contributed by atoms with van der Waals surface area (Å²) in [5, 5.41) is 10.6. The Hall–Kier alpha value is -1.94. The van der Waals surface area contributed by atoms with Crippen molar-refractivity contribution in [3.8, 4) is 0 Å². The van der Waals surface area contributed by atoms with E-state index in [2.05, 4.69) is 41.5 Å². The van der Waals surface area contributed by atoms with Crippen LogP contribution in [0.2, 0.25) is 0 Å². The maximum atomic E-state index is 13.1. The van der Waals surface area contributed by atoms with Gasteiger partial charge in [-0.15, -0.1) is 0 Å². The van der Waals surface area contributed by atoms with Crippen molar-refractivity contribution in [1.82, 2.24) is 0 Å². The van der Waals surface area contributed by atoms with Crippen LogP contribution >= 0.6 is 15.6 Å². The Labute approximate surface area is 613 Å². The molecule has 0 aromatic carbocycles. The molecule has 3 N–H and O–H groups in total. The molecule has 3 unspecified atom stereocenters. The second-order valence-corrected chi connectivity index (χ2v) is 32.8. The SMILES string of the molecule is CCCCCCCCCCCCCCC(=O)OC[C@H](COP(=O)(O)OC[C@H](O)COP(=O)(O)OC[C@@H](COC(=O)CCCCCCCCCCCCCC(C)C)OC(=O)CCCCCCCCCCCCCCCCCCCCC(C)CC)OC(=O)CCCCCCCCCCCCCC. The van der Waals surface area contributed by atoms with Crippen LogP contribution in [0.3, 0.4) is 0 Å². The molecule has 0 saturated heterocycles. The van der Waals surface area contributed by atoms with E-state index in [4.69, 9.17) is 37.0 Å². The third-order valence-electron chi connectivity index (χ3n) is 19.3. The highest BCUT2D eigenvalue weighted by Crippen LogP contribution is 2.45. The minimum Gasteiger partial charge on any atom is -0.462 e. The molecule has 0 bridgehead atoms. The molecule has 6 atom stereocenters. The van der Waals surface area contributed by atoms with Gasteiger partial charge >= 0.3 is 39.5 Å². The smallest absolute Gasteiger partial charge is 0.462 e. The molecule has 0 heterocycles. The van der Waals surface area contributed by atoms with Gasteiger partial charge in [0.25, 0.3) is 0 Å². The van der Waals surface area contributed by atoms with E-state index in [0.29, 0.717) is 25.7 Å². The minimum absolute atomic E-state index is 0.108. The zero-order valence-electron chi connectivity index (χ0n) is 65.5. The van der Waals surface area contributed by atoms with E-state index < -0.39 is 97.5 Å². The number of aliphatic hydroxyl groups excluding tert-OH is 1. The van der Waals surface area contributed by atoms with Gasteiger partial charge in [-0.05, 0) is 37.5 Å². The number of phosphoric acid groups is 2. The molecule has 0 aliphatic rings. The van der Waals surface area contributed by atoms with Crippen molar-refractivity contribution in [2.75, 3.05) is 39.6 Å². The molecule has 0 spiro atoms. The van der Waals surface area contributed by atoms with E-state index >= 15 is 0 Å².